The van der Waals surface area contributed by atoms with Crippen LogP contribution in [0.5, 0.6) is 0 Å². The Morgan fingerprint density at radius 2 is 2.00 bits per heavy atom. The van der Waals surface area contributed by atoms with Gasteiger partial charge >= 0.3 is 0 Å². The maximum absolute atomic E-state index is 9.32. The summed E-state index contributed by atoms with van der Waals surface area (Å²) in [5.41, 5.74) is -0.220. The first-order valence-corrected chi connectivity index (χ1v) is 6.26. The van der Waals surface area contributed by atoms with E-state index >= 15 is 0 Å². The summed E-state index contributed by atoms with van der Waals surface area (Å²) in [6, 6.07) is 0. The maximum Gasteiger partial charge on any atom is 0.214 e. The third-order valence-corrected chi connectivity index (χ3v) is 4.78. The highest BCUT2D eigenvalue weighted by Crippen LogP contribution is 2.10. The Kier molecular flexibility index (Phi) is 3.39. The standard InChI is InChI=1S/C6H16O2Si/c1-5-6(7)9(3,4)8-2/h6-7H,5H2,1-4H3. The van der Waals surface area contributed by atoms with Crippen LogP contribution in [0.2, 0.25) is 13.1 Å². The monoisotopic (exact) mass is 148 g/mol. The molecule has 0 aromatic heterocycles. The highest BCUT2D eigenvalue weighted by atomic mass is 28.4. The summed E-state index contributed by atoms with van der Waals surface area (Å²) in [7, 11) is -0.0534. The number of hydrogen-bond donors (Lipinski definition) is 1. The van der Waals surface area contributed by atoms with Gasteiger partial charge in [0.15, 0.2) is 0 Å². The molecule has 0 spiro atoms. The van der Waals surface area contributed by atoms with E-state index in [2.05, 4.69) is 0 Å². The minimum absolute atomic E-state index is 0.220. The molecule has 9 heavy (non-hydrogen) atoms. The first-order chi connectivity index (χ1) is 4.04. The van der Waals surface area contributed by atoms with E-state index in [1.807, 2.05) is 20.0 Å². The number of rotatable bonds is 3. The first kappa shape index (κ1) is 9.14. The minimum atomic E-state index is -1.73. The van der Waals surface area contributed by atoms with Crippen molar-refractivity contribution in [2.45, 2.75) is 32.2 Å². The number of aliphatic hydroxyl groups excluding tert-OH is 1. The molecular weight excluding hydrogens is 132 g/mol. The van der Waals surface area contributed by atoms with Gasteiger partial charge in [0.25, 0.3) is 0 Å². The fourth-order valence-electron chi connectivity index (χ4n) is 0.628. The lowest BCUT2D eigenvalue weighted by molar-refractivity contribution is 0.206. The van der Waals surface area contributed by atoms with Gasteiger partial charge in [-0.15, -0.1) is 0 Å². The molecule has 0 amide bonds. The molecule has 3 heteroatoms. The minimum Gasteiger partial charge on any atom is -0.418 e. The molecular formula is C6H16O2Si. The van der Waals surface area contributed by atoms with Crippen LogP contribution in [-0.4, -0.2) is 26.3 Å². The second-order valence-corrected chi connectivity index (χ2v) is 7.01. The highest BCUT2D eigenvalue weighted by molar-refractivity contribution is 6.72. The fourth-order valence-corrected chi connectivity index (χ4v) is 1.88. The van der Waals surface area contributed by atoms with Gasteiger partial charge in [-0.1, -0.05) is 6.92 Å². The lowest BCUT2D eigenvalue weighted by Gasteiger charge is -2.24. The molecule has 0 saturated carbocycles. The Morgan fingerprint density at radius 3 is 2.11 bits per heavy atom. The van der Waals surface area contributed by atoms with Crippen LogP contribution in [-0.2, 0) is 4.43 Å². The van der Waals surface area contributed by atoms with Crippen molar-refractivity contribution in [3.05, 3.63) is 0 Å². The molecule has 0 rings (SSSR count). The summed E-state index contributed by atoms with van der Waals surface area (Å²) in [5, 5.41) is 9.32. The Bertz CT molecular complexity index is 83.1. The van der Waals surface area contributed by atoms with Crippen LogP contribution in [0.4, 0.5) is 0 Å². The maximum atomic E-state index is 9.32. The Hall–Kier alpha value is 0.137. The molecule has 1 atom stereocenters. The van der Waals surface area contributed by atoms with E-state index in [1.165, 1.54) is 0 Å². The van der Waals surface area contributed by atoms with Crippen molar-refractivity contribution in [3.8, 4) is 0 Å². The third kappa shape index (κ3) is 2.47. The zero-order valence-corrected chi connectivity index (χ0v) is 7.64. The van der Waals surface area contributed by atoms with Gasteiger partial charge in [-0.05, 0) is 19.5 Å². The molecule has 56 valence electrons. The lowest BCUT2D eigenvalue weighted by atomic mass is 10.5. The fraction of sp³-hybridized carbons (Fsp3) is 1.00. The van der Waals surface area contributed by atoms with Crippen molar-refractivity contribution in [3.63, 3.8) is 0 Å². The van der Waals surface area contributed by atoms with Gasteiger partial charge in [0.05, 0.1) is 5.73 Å². The molecule has 0 aliphatic carbocycles. The van der Waals surface area contributed by atoms with Crippen molar-refractivity contribution in [1.29, 1.82) is 0 Å². The average molecular weight is 148 g/mol. The molecule has 0 heterocycles. The SMILES string of the molecule is CCC(O)[Si](C)(C)OC. The van der Waals surface area contributed by atoms with Crippen LogP contribution in [0.15, 0.2) is 0 Å². The summed E-state index contributed by atoms with van der Waals surface area (Å²) < 4.78 is 5.18. The van der Waals surface area contributed by atoms with E-state index in [0.717, 1.165) is 6.42 Å². The normalized spacial score (nSPS) is 15.7. The first-order valence-electron chi connectivity index (χ1n) is 3.27. The Morgan fingerprint density at radius 1 is 1.56 bits per heavy atom. The van der Waals surface area contributed by atoms with Crippen LogP contribution >= 0.6 is 0 Å². The second-order valence-electron chi connectivity index (χ2n) is 2.73. The topological polar surface area (TPSA) is 29.5 Å². The van der Waals surface area contributed by atoms with E-state index in [1.54, 1.807) is 7.11 Å². The number of hydrogen-bond acceptors (Lipinski definition) is 2. The quantitative estimate of drug-likeness (QED) is 0.608. The zero-order valence-electron chi connectivity index (χ0n) is 6.64. The van der Waals surface area contributed by atoms with Crippen molar-refractivity contribution >= 4 is 8.32 Å². The molecule has 0 radical (unpaired) electrons. The number of aliphatic hydroxyl groups is 1. The summed E-state index contributed by atoms with van der Waals surface area (Å²) in [4.78, 5) is 0. The van der Waals surface area contributed by atoms with Crippen molar-refractivity contribution in [2.75, 3.05) is 7.11 Å². The predicted molar refractivity (Wildman–Crippen MR) is 40.8 cm³/mol. The summed E-state index contributed by atoms with van der Waals surface area (Å²) in [6.07, 6.45) is 0.799. The van der Waals surface area contributed by atoms with Gasteiger partial charge in [-0.2, -0.15) is 0 Å². The van der Waals surface area contributed by atoms with E-state index < -0.39 is 8.32 Å². The van der Waals surface area contributed by atoms with Crippen LogP contribution in [0.1, 0.15) is 13.3 Å². The lowest BCUT2D eigenvalue weighted by Crippen LogP contribution is -2.43. The van der Waals surface area contributed by atoms with E-state index in [0.29, 0.717) is 0 Å². The average Bonchev–Trinajstić information content (AvgIpc) is 1.86. The molecule has 0 bridgehead atoms. The van der Waals surface area contributed by atoms with Crippen molar-refractivity contribution in [1.82, 2.24) is 0 Å². The molecule has 0 fully saturated rings. The van der Waals surface area contributed by atoms with Gasteiger partial charge in [-0.25, -0.2) is 0 Å². The van der Waals surface area contributed by atoms with Gasteiger partial charge in [-0.3, -0.25) is 0 Å². The molecule has 0 aliphatic heterocycles. The van der Waals surface area contributed by atoms with E-state index in [9.17, 15) is 5.11 Å². The predicted octanol–water partition coefficient (Wildman–Crippen LogP) is 1.15. The van der Waals surface area contributed by atoms with Crippen molar-refractivity contribution in [2.24, 2.45) is 0 Å². The van der Waals surface area contributed by atoms with E-state index in [-0.39, 0.29) is 5.73 Å². The van der Waals surface area contributed by atoms with Crippen molar-refractivity contribution < 1.29 is 9.53 Å². The zero-order chi connectivity index (χ0) is 7.49. The smallest absolute Gasteiger partial charge is 0.214 e. The van der Waals surface area contributed by atoms with Gasteiger partial charge in [0.2, 0.25) is 8.32 Å². The van der Waals surface area contributed by atoms with Gasteiger partial charge < -0.3 is 9.53 Å². The van der Waals surface area contributed by atoms with Gasteiger partial charge in [0, 0.05) is 7.11 Å². The molecule has 0 aromatic carbocycles. The Balaban J connectivity index is 3.80. The van der Waals surface area contributed by atoms with E-state index in [4.69, 9.17) is 4.43 Å². The molecule has 1 unspecified atom stereocenters. The van der Waals surface area contributed by atoms with Crippen LogP contribution in [0, 0.1) is 0 Å². The van der Waals surface area contributed by atoms with Crippen LogP contribution < -0.4 is 0 Å². The molecule has 0 aliphatic rings. The summed E-state index contributed by atoms with van der Waals surface area (Å²) in [5.74, 6) is 0. The van der Waals surface area contributed by atoms with Crippen LogP contribution in [0.25, 0.3) is 0 Å². The molecule has 1 N–H and O–H groups in total. The molecule has 0 aromatic rings. The molecule has 0 saturated heterocycles. The second kappa shape index (κ2) is 3.34. The summed E-state index contributed by atoms with van der Waals surface area (Å²) >= 11 is 0. The highest BCUT2D eigenvalue weighted by Gasteiger charge is 2.29. The molecule has 2 nitrogen and oxygen atoms in total. The van der Waals surface area contributed by atoms with Crippen LogP contribution in [0.3, 0.4) is 0 Å². The third-order valence-electron chi connectivity index (χ3n) is 1.72. The Labute approximate surface area is 58.0 Å². The summed E-state index contributed by atoms with van der Waals surface area (Å²) in [6.45, 7) is 6.00. The largest absolute Gasteiger partial charge is 0.418 e. The van der Waals surface area contributed by atoms with Gasteiger partial charge in [0.1, 0.15) is 0 Å².